The standard InChI is InChI=1S/C10H10O5/c1-14-10(13)8-3-2-7(15-8)5-4-6(5)9(11)12/h2-3,5-6H,4H2,1H3,(H,11,12). The summed E-state index contributed by atoms with van der Waals surface area (Å²) < 4.78 is 9.68. The molecule has 80 valence electrons. The van der Waals surface area contributed by atoms with Gasteiger partial charge in [0.05, 0.1) is 13.0 Å². The van der Waals surface area contributed by atoms with Crippen molar-refractivity contribution in [3.05, 3.63) is 23.7 Å². The highest BCUT2D eigenvalue weighted by Crippen LogP contribution is 2.47. The second-order valence-electron chi connectivity index (χ2n) is 3.48. The molecule has 15 heavy (non-hydrogen) atoms. The normalized spacial score (nSPS) is 23.5. The van der Waals surface area contributed by atoms with E-state index in [0.717, 1.165) is 0 Å². The Balaban J connectivity index is 2.09. The van der Waals surface area contributed by atoms with Gasteiger partial charge >= 0.3 is 11.9 Å². The minimum Gasteiger partial charge on any atom is -0.481 e. The van der Waals surface area contributed by atoms with Gasteiger partial charge in [0.2, 0.25) is 5.76 Å². The lowest BCUT2D eigenvalue weighted by Crippen LogP contribution is -1.99. The van der Waals surface area contributed by atoms with Crippen molar-refractivity contribution in [2.75, 3.05) is 7.11 Å². The van der Waals surface area contributed by atoms with E-state index in [-0.39, 0.29) is 17.6 Å². The summed E-state index contributed by atoms with van der Waals surface area (Å²) in [5.41, 5.74) is 0. The zero-order valence-electron chi connectivity index (χ0n) is 8.10. The summed E-state index contributed by atoms with van der Waals surface area (Å²) in [5.74, 6) is -1.18. The molecule has 0 radical (unpaired) electrons. The molecule has 1 saturated carbocycles. The number of hydrogen-bond donors (Lipinski definition) is 1. The van der Waals surface area contributed by atoms with Crippen LogP contribution in [-0.2, 0) is 9.53 Å². The number of carboxylic acids is 1. The molecule has 1 heterocycles. The molecule has 0 bridgehead atoms. The molecule has 2 atom stereocenters. The van der Waals surface area contributed by atoms with Crippen LogP contribution in [-0.4, -0.2) is 24.2 Å². The van der Waals surface area contributed by atoms with Crippen molar-refractivity contribution < 1.29 is 23.8 Å². The monoisotopic (exact) mass is 210 g/mol. The lowest BCUT2D eigenvalue weighted by molar-refractivity contribution is -0.138. The number of esters is 1. The van der Waals surface area contributed by atoms with E-state index in [1.54, 1.807) is 6.07 Å². The fourth-order valence-corrected chi connectivity index (χ4v) is 1.54. The molecular formula is C10H10O5. The summed E-state index contributed by atoms with van der Waals surface area (Å²) >= 11 is 0. The quantitative estimate of drug-likeness (QED) is 0.760. The second kappa shape index (κ2) is 3.42. The van der Waals surface area contributed by atoms with E-state index in [9.17, 15) is 9.59 Å². The number of aliphatic carboxylic acids is 1. The van der Waals surface area contributed by atoms with E-state index in [1.165, 1.54) is 13.2 Å². The fourth-order valence-electron chi connectivity index (χ4n) is 1.54. The minimum absolute atomic E-state index is 0.0964. The molecular weight excluding hydrogens is 200 g/mol. The van der Waals surface area contributed by atoms with Crippen molar-refractivity contribution in [2.24, 2.45) is 5.92 Å². The van der Waals surface area contributed by atoms with Gasteiger partial charge in [-0.25, -0.2) is 4.79 Å². The van der Waals surface area contributed by atoms with Crippen molar-refractivity contribution in [3.8, 4) is 0 Å². The fraction of sp³-hybridized carbons (Fsp3) is 0.400. The third-order valence-electron chi connectivity index (χ3n) is 2.49. The second-order valence-corrected chi connectivity index (χ2v) is 3.48. The first kappa shape index (κ1) is 9.76. The molecule has 2 unspecified atom stereocenters. The summed E-state index contributed by atoms with van der Waals surface area (Å²) in [7, 11) is 1.27. The van der Waals surface area contributed by atoms with E-state index in [0.29, 0.717) is 12.2 Å². The van der Waals surface area contributed by atoms with Gasteiger partial charge in [-0.3, -0.25) is 4.79 Å². The van der Waals surface area contributed by atoms with Gasteiger partial charge in [-0.2, -0.15) is 0 Å². The molecule has 1 aliphatic rings. The van der Waals surface area contributed by atoms with Crippen LogP contribution >= 0.6 is 0 Å². The Morgan fingerprint density at radius 1 is 1.53 bits per heavy atom. The molecule has 2 rings (SSSR count). The van der Waals surface area contributed by atoms with Crippen LogP contribution in [0, 0.1) is 5.92 Å². The van der Waals surface area contributed by atoms with Gasteiger partial charge in [0.15, 0.2) is 0 Å². The van der Waals surface area contributed by atoms with Crippen LogP contribution in [0.5, 0.6) is 0 Å². The molecule has 1 fully saturated rings. The van der Waals surface area contributed by atoms with E-state index in [1.807, 2.05) is 0 Å². The molecule has 0 amide bonds. The van der Waals surface area contributed by atoms with Gasteiger partial charge in [0.25, 0.3) is 0 Å². The highest BCUT2D eigenvalue weighted by molar-refractivity contribution is 5.86. The van der Waals surface area contributed by atoms with Crippen LogP contribution < -0.4 is 0 Å². The van der Waals surface area contributed by atoms with Gasteiger partial charge in [-0.1, -0.05) is 0 Å². The van der Waals surface area contributed by atoms with E-state index >= 15 is 0 Å². The highest BCUT2D eigenvalue weighted by Gasteiger charge is 2.46. The topological polar surface area (TPSA) is 76.7 Å². The van der Waals surface area contributed by atoms with Gasteiger partial charge < -0.3 is 14.3 Å². The first-order chi connectivity index (χ1) is 7.13. The predicted molar refractivity (Wildman–Crippen MR) is 48.5 cm³/mol. The van der Waals surface area contributed by atoms with Crippen LogP contribution in [0.15, 0.2) is 16.5 Å². The zero-order chi connectivity index (χ0) is 11.0. The number of carboxylic acid groups (broad SMARTS) is 1. The Hall–Kier alpha value is -1.78. The van der Waals surface area contributed by atoms with Crippen molar-refractivity contribution in [2.45, 2.75) is 12.3 Å². The van der Waals surface area contributed by atoms with Crippen LogP contribution in [0.3, 0.4) is 0 Å². The first-order valence-electron chi connectivity index (χ1n) is 4.54. The predicted octanol–water partition coefficient (Wildman–Crippen LogP) is 1.25. The van der Waals surface area contributed by atoms with Crippen molar-refractivity contribution in [1.29, 1.82) is 0 Å². The Labute approximate surface area is 85.6 Å². The van der Waals surface area contributed by atoms with Gasteiger partial charge in [-0.15, -0.1) is 0 Å². The number of carbonyl (C=O) groups is 2. The summed E-state index contributed by atoms with van der Waals surface area (Å²) in [6, 6.07) is 3.12. The van der Waals surface area contributed by atoms with Gasteiger partial charge in [0.1, 0.15) is 5.76 Å². The lowest BCUT2D eigenvalue weighted by atomic mass is 10.2. The van der Waals surface area contributed by atoms with Crippen molar-refractivity contribution in [1.82, 2.24) is 0 Å². The Morgan fingerprint density at radius 2 is 2.27 bits per heavy atom. The molecule has 1 aromatic heterocycles. The first-order valence-corrected chi connectivity index (χ1v) is 4.54. The molecule has 1 N–H and O–H groups in total. The molecule has 5 nitrogen and oxygen atoms in total. The average Bonchev–Trinajstić information content (AvgIpc) is 2.88. The van der Waals surface area contributed by atoms with Crippen molar-refractivity contribution in [3.63, 3.8) is 0 Å². The van der Waals surface area contributed by atoms with Gasteiger partial charge in [0, 0.05) is 5.92 Å². The Bertz CT molecular complexity index is 406. The van der Waals surface area contributed by atoms with Crippen LogP contribution in [0.25, 0.3) is 0 Å². The van der Waals surface area contributed by atoms with E-state index < -0.39 is 11.9 Å². The summed E-state index contributed by atoms with van der Waals surface area (Å²) in [6.45, 7) is 0. The molecule has 0 aromatic carbocycles. The summed E-state index contributed by atoms with van der Waals surface area (Å²) in [4.78, 5) is 21.7. The maximum Gasteiger partial charge on any atom is 0.373 e. The SMILES string of the molecule is COC(=O)c1ccc(C2CC2C(=O)O)o1. The molecule has 0 spiro atoms. The van der Waals surface area contributed by atoms with Crippen LogP contribution in [0.2, 0.25) is 0 Å². The number of methoxy groups -OCH3 is 1. The number of rotatable bonds is 3. The van der Waals surface area contributed by atoms with Crippen LogP contribution in [0.4, 0.5) is 0 Å². The van der Waals surface area contributed by atoms with Crippen molar-refractivity contribution >= 4 is 11.9 Å². The zero-order valence-corrected chi connectivity index (χ0v) is 8.10. The molecule has 1 aliphatic carbocycles. The number of ether oxygens (including phenoxy) is 1. The third kappa shape index (κ3) is 1.72. The molecule has 1 aromatic rings. The average molecular weight is 210 g/mol. The number of furan rings is 1. The van der Waals surface area contributed by atoms with E-state index in [2.05, 4.69) is 4.74 Å². The molecule has 0 saturated heterocycles. The lowest BCUT2D eigenvalue weighted by Gasteiger charge is -1.94. The molecule has 0 aliphatic heterocycles. The van der Waals surface area contributed by atoms with E-state index in [4.69, 9.17) is 9.52 Å². The number of hydrogen-bond acceptors (Lipinski definition) is 4. The smallest absolute Gasteiger partial charge is 0.373 e. The third-order valence-corrected chi connectivity index (χ3v) is 2.49. The Kier molecular flexibility index (Phi) is 2.22. The summed E-state index contributed by atoms with van der Waals surface area (Å²) in [6.07, 6.45) is 0.573. The maximum absolute atomic E-state index is 11.1. The summed E-state index contributed by atoms with van der Waals surface area (Å²) in [5, 5.41) is 8.71. The van der Waals surface area contributed by atoms with Crippen LogP contribution in [0.1, 0.15) is 28.7 Å². The maximum atomic E-state index is 11.1. The molecule has 5 heteroatoms. The highest BCUT2D eigenvalue weighted by atomic mass is 16.5. The largest absolute Gasteiger partial charge is 0.481 e. The Morgan fingerprint density at radius 3 is 2.80 bits per heavy atom. The minimum atomic E-state index is -0.823. The van der Waals surface area contributed by atoms with Gasteiger partial charge in [-0.05, 0) is 18.6 Å². The number of carbonyl (C=O) groups excluding carboxylic acids is 1.